The fraction of sp³-hybridized carbons (Fsp3) is 0.273. The molecule has 0 saturated carbocycles. The Morgan fingerprint density at radius 2 is 1.68 bits per heavy atom. The van der Waals surface area contributed by atoms with Crippen molar-refractivity contribution < 1.29 is 22.0 Å². The SMILES string of the molecule is Cc1oc(C(C)(C)C)nc1-c1nc2c(C(F)(F)F)cc(-c3ccccc3F)cc2[nH]1.Cl. The molecule has 0 fully saturated rings. The van der Waals surface area contributed by atoms with Crippen molar-refractivity contribution in [1.82, 2.24) is 15.0 Å². The molecule has 4 rings (SSSR count). The molecule has 0 unspecified atom stereocenters. The van der Waals surface area contributed by atoms with Crippen molar-refractivity contribution in [2.75, 3.05) is 0 Å². The van der Waals surface area contributed by atoms with Gasteiger partial charge >= 0.3 is 6.18 Å². The predicted octanol–water partition coefficient (Wildman–Crippen LogP) is 7.07. The van der Waals surface area contributed by atoms with Gasteiger partial charge in [0.15, 0.2) is 11.7 Å². The van der Waals surface area contributed by atoms with Crippen molar-refractivity contribution in [3.05, 3.63) is 59.4 Å². The van der Waals surface area contributed by atoms with Gasteiger partial charge < -0.3 is 9.40 Å². The maximum Gasteiger partial charge on any atom is 0.418 e. The van der Waals surface area contributed by atoms with E-state index < -0.39 is 17.6 Å². The summed E-state index contributed by atoms with van der Waals surface area (Å²) < 4.78 is 61.3. The average molecular weight is 454 g/mol. The normalized spacial score (nSPS) is 12.3. The molecule has 4 aromatic rings. The molecule has 0 aliphatic heterocycles. The van der Waals surface area contributed by atoms with Crippen LogP contribution >= 0.6 is 12.4 Å². The molecule has 31 heavy (non-hydrogen) atoms. The van der Waals surface area contributed by atoms with Crippen molar-refractivity contribution in [2.24, 2.45) is 0 Å². The first-order valence-corrected chi connectivity index (χ1v) is 9.29. The Morgan fingerprint density at radius 3 is 2.26 bits per heavy atom. The molecule has 0 saturated heterocycles. The maximum absolute atomic E-state index is 14.2. The Labute approximate surface area is 182 Å². The monoisotopic (exact) mass is 453 g/mol. The maximum atomic E-state index is 14.2. The molecule has 0 spiro atoms. The summed E-state index contributed by atoms with van der Waals surface area (Å²) in [5.74, 6) is 0.463. The van der Waals surface area contributed by atoms with Crippen molar-refractivity contribution in [1.29, 1.82) is 0 Å². The van der Waals surface area contributed by atoms with Crippen molar-refractivity contribution >= 4 is 23.4 Å². The second-order valence-corrected chi connectivity index (χ2v) is 8.16. The number of nitrogens with one attached hydrogen (secondary N) is 1. The first-order valence-electron chi connectivity index (χ1n) is 9.29. The molecule has 0 atom stereocenters. The van der Waals surface area contributed by atoms with E-state index in [1.54, 1.807) is 13.0 Å². The topological polar surface area (TPSA) is 54.7 Å². The average Bonchev–Trinajstić information content (AvgIpc) is 3.23. The highest BCUT2D eigenvalue weighted by atomic mass is 35.5. The van der Waals surface area contributed by atoms with Crippen LogP contribution in [0.15, 0.2) is 40.8 Å². The van der Waals surface area contributed by atoms with E-state index in [1.165, 1.54) is 24.3 Å². The minimum absolute atomic E-state index is 0. The van der Waals surface area contributed by atoms with Crippen LogP contribution in [0.3, 0.4) is 0 Å². The molecule has 2 aromatic carbocycles. The van der Waals surface area contributed by atoms with E-state index in [0.717, 1.165) is 6.07 Å². The van der Waals surface area contributed by atoms with E-state index in [0.29, 0.717) is 17.3 Å². The smallest absolute Gasteiger partial charge is 0.418 e. The number of alkyl halides is 3. The summed E-state index contributed by atoms with van der Waals surface area (Å²) in [7, 11) is 0. The number of aryl methyl sites for hydroxylation is 1. The lowest BCUT2D eigenvalue weighted by Gasteiger charge is -2.11. The molecule has 9 heteroatoms. The molecule has 0 amide bonds. The number of aromatic amines is 1. The third-order valence-electron chi connectivity index (χ3n) is 4.74. The number of hydrogen-bond acceptors (Lipinski definition) is 3. The lowest BCUT2D eigenvalue weighted by Crippen LogP contribution is -2.11. The number of fused-ring (bicyclic) bond motifs is 1. The van der Waals surface area contributed by atoms with Crippen LogP contribution in [0, 0.1) is 12.7 Å². The molecular weight excluding hydrogens is 434 g/mol. The highest BCUT2D eigenvalue weighted by Gasteiger charge is 2.35. The van der Waals surface area contributed by atoms with Crippen molar-refractivity contribution in [3.8, 4) is 22.6 Å². The number of oxazole rings is 1. The van der Waals surface area contributed by atoms with E-state index in [9.17, 15) is 17.6 Å². The number of imidazole rings is 1. The lowest BCUT2D eigenvalue weighted by molar-refractivity contribution is -0.136. The zero-order valence-corrected chi connectivity index (χ0v) is 18.0. The van der Waals surface area contributed by atoms with E-state index in [1.807, 2.05) is 20.8 Å². The summed E-state index contributed by atoms with van der Waals surface area (Å²) in [4.78, 5) is 11.5. The zero-order chi connectivity index (χ0) is 21.8. The summed E-state index contributed by atoms with van der Waals surface area (Å²) in [5, 5.41) is 0. The van der Waals surface area contributed by atoms with E-state index in [4.69, 9.17) is 4.42 Å². The molecule has 0 radical (unpaired) electrons. The molecule has 4 nitrogen and oxygen atoms in total. The highest BCUT2D eigenvalue weighted by Crippen LogP contribution is 2.39. The number of halogens is 5. The van der Waals surface area contributed by atoms with E-state index in [-0.39, 0.29) is 45.8 Å². The minimum Gasteiger partial charge on any atom is -0.445 e. The van der Waals surface area contributed by atoms with Gasteiger partial charge in [-0.25, -0.2) is 14.4 Å². The molecule has 1 N–H and O–H groups in total. The van der Waals surface area contributed by atoms with Gasteiger partial charge in [0.25, 0.3) is 0 Å². The molecule has 0 bridgehead atoms. The van der Waals surface area contributed by atoms with Crippen LogP contribution in [0.2, 0.25) is 0 Å². The minimum atomic E-state index is -4.67. The van der Waals surface area contributed by atoms with Gasteiger partial charge in [-0.2, -0.15) is 13.2 Å². The Bertz CT molecular complexity index is 1250. The van der Waals surface area contributed by atoms with Crippen molar-refractivity contribution in [2.45, 2.75) is 39.3 Å². The summed E-state index contributed by atoms with van der Waals surface area (Å²) in [6.45, 7) is 7.44. The molecule has 2 heterocycles. The fourth-order valence-electron chi connectivity index (χ4n) is 3.23. The van der Waals surface area contributed by atoms with Gasteiger partial charge in [-0.3, -0.25) is 0 Å². The largest absolute Gasteiger partial charge is 0.445 e. The van der Waals surface area contributed by atoms with Crippen LogP contribution in [0.5, 0.6) is 0 Å². The molecule has 0 aliphatic rings. The van der Waals surface area contributed by atoms with Crippen LogP contribution in [-0.4, -0.2) is 15.0 Å². The zero-order valence-electron chi connectivity index (χ0n) is 17.2. The van der Waals surface area contributed by atoms with Gasteiger partial charge in [0, 0.05) is 11.0 Å². The number of nitrogens with zero attached hydrogens (tertiary/aromatic N) is 2. The first-order chi connectivity index (χ1) is 13.9. The Balaban J connectivity index is 0.00000272. The Hall–Kier alpha value is -2.87. The molecule has 164 valence electrons. The third kappa shape index (κ3) is 4.17. The van der Waals surface area contributed by atoms with Crippen molar-refractivity contribution in [3.63, 3.8) is 0 Å². The summed E-state index contributed by atoms with van der Waals surface area (Å²) in [6.07, 6.45) is -4.67. The van der Waals surface area contributed by atoms with Gasteiger partial charge in [0.2, 0.25) is 0 Å². The summed E-state index contributed by atoms with van der Waals surface area (Å²) in [6, 6.07) is 8.07. The van der Waals surface area contributed by atoms with E-state index in [2.05, 4.69) is 15.0 Å². The molecule has 2 aromatic heterocycles. The predicted molar refractivity (Wildman–Crippen MR) is 113 cm³/mol. The Kier molecular flexibility index (Phi) is 5.65. The number of hydrogen-bond donors (Lipinski definition) is 1. The van der Waals surface area contributed by atoms with Crippen LogP contribution in [0.4, 0.5) is 17.6 Å². The number of benzene rings is 2. The van der Waals surface area contributed by atoms with Gasteiger partial charge in [0.1, 0.15) is 22.8 Å². The quantitative estimate of drug-likeness (QED) is 0.330. The standard InChI is InChI=1S/C22H19F4N3O.ClH/c1-11-17(29-20(30-11)21(2,3)4)19-27-16-10-12(13-7-5-6-8-15(13)23)9-14(18(16)28-19)22(24,25)26;/h5-10H,1-4H3,(H,27,28);1H. The van der Waals surface area contributed by atoms with E-state index >= 15 is 0 Å². The van der Waals surface area contributed by atoms with Gasteiger partial charge in [-0.05, 0) is 30.7 Å². The van der Waals surface area contributed by atoms with Crippen LogP contribution < -0.4 is 0 Å². The van der Waals surface area contributed by atoms with Gasteiger partial charge in [-0.15, -0.1) is 12.4 Å². The molecule has 0 aliphatic carbocycles. The van der Waals surface area contributed by atoms with Crippen LogP contribution in [0.25, 0.3) is 33.7 Å². The van der Waals surface area contributed by atoms with Crippen LogP contribution in [-0.2, 0) is 11.6 Å². The summed E-state index contributed by atoms with van der Waals surface area (Å²) in [5.41, 5.74) is -0.904. The fourth-order valence-corrected chi connectivity index (χ4v) is 3.23. The molecular formula is C22H20ClF4N3O. The second kappa shape index (κ2) is 7.67. The highest BCUT2D eigenvalue weighted by molar-refractivity contribution is 5.88. The number of rotatable bonds is 2. The second-order valence-electron chi connectivity index (χ2n) is 8.16. The van der Waals surface area contributed by atoms with Crippen LogP contribution in [0.1, 0.15) is 38.0 Å². The number of H-pyrrole nitrogens is 1. The Morgan fingerprint density at radius 1 is 1.00 bits per heavy atom. The first kappa shape index (κ1) is 22.8. The van der Waals surface area contributed by atoms with Gasteiger partial charge in [0.05, 0.1) is 11.1 Å². The lowest BCUT2D eigenvalue weighted by atomic mass is 9.97. The van der Waals surface area contributed by atoms with Gasteiger partial charge in [-0.1, -0.05) is 39.0 Å². The third-order valence-corrected chi connectivity index (χ3v) is 4.74. The summed E-state index contributed by atoms with van der Waals surface area (Å²) >= 11 is 0. The number of aromatic nitrogens is 3.